The monoisotopic (exact) mass is 362 g/mol. The first-order chi connectivity index (χ1) is 12.4. The van der Waals surface area contributed by atoms with E-state index >= 15 is 0 Å². The van der Waals surface area contributed by atoms with Gasteiger partial charge in [-0.15, -0.1) is 10.2 Å². The number of anilines is 1. The number of aromatic nitrogens is 4. The molecule has 4 rings (SSSR count). The Morgan fingerprint density at radius 1 is 1.23 bits per heavy atom. The minimum Gasteiger partial charge on any atom is -0.350 e. The topological polar surface area (TPSA) is 49.6 Å². The van der Waals surface area contributed by atoms with Crippen LogP contribution in [0.2, 0.25) is 0 Å². The van der Waals surface area contributed by atoms with Gasteiger partial charge in [0.05, 0.1) is 5.56 Å². The van der Waals surface area contributed by atoms with Crippen LogP contribution in [0.15, 0.2) is 43.0 Å². The zero-order valence-electron chi connectivity index (χ0n) is 14.1. The minimum absolute atomic E-state index is 0.154. The maximum absolute atomic E-state index is 13.1. The number of benzene rings is 1. The van der Waals surface area contributed by atoms with Crippen LogP contribution in [0.1, 0.15) is 11.1 Å². The van der Waals surface area contributed by atoms with Gasteiger partial charge in [0, 0.05) is 38.1 Å². The van der Waals surface area contributed by atoms with E-state index in [-0.39, 0.29) is 12.6 Å². The summed E-state index contributed by atoms with van der Waals surface area (Å²) in [6.45, 7) is 1.62. The van der Waals surface area contributed by atoms with Gasteiger partial charge in [-0.3, -0.25) is 9.30 Å². The number of likely N-dealkylation sites (N-methyl/N-ethyl adjacent to an activating group) is 1. The standard InChI is InChI=1S/C17H17F3N6/c1-24(8-12-4-2-3-5-14(12)17(18,19)20)13-9-26(10-13)15-16-23-22-11-25(16)7-6-21-15/h2-7,11,13H,8-10H2,1H3. The van der Waals surface area contributed by atoms with Gasteiger partial charge in [0.2, 0.25) is 5.65 Å². The Morgan fingerprint density at radius 3 is 2.77 bits per heavy atom. The van der Waals surface area contributed by atoms with Crippen molar-refractivity contribution >= 4 is 11.5 Å². The Kier molecular flexibility index (Phi) is 4.03. The highest BCUT2D eigenvalue weighted by atomic mass is 19.4. The van der Waals surface area contributed by atoms with E-state index in [0.717, 1.165) is 11.9 Å². The van der Waals surface area contributed by atoms with Crippen molar-refractivity contribution in [2.45, 2.75) is 18.8 Å². The summed E-state index contributed by atoms with van der Waals surface area (Å²) in [6, 6.07) is 5.88. The average molecular weight is 362 g/mol. The van der Waals surface area contributed by atoms with Crippen molar-refractivity contribution in [3.8, 4) is 0 Å². The van der Waals surface area contributed by atoms with Gasteiger partial charge < -0.3 is 4.90 Å². The second kappa shape index (κ2) is 6.24. The van der Waals surface area contributed by atoms with E-state index in [4.69, 9.17) is 0 Å². The second-order valence-electron chi connectivity index (χ2n) is 6.44. The summed E-state index contributed by atoms with van der Waals surface area (Å²) in [5, 5.41) is 7.94. The smallest absolute Gasteiger partial charge is 0.350 e. The summed E-state index contributed by atoms with van der Waals surface area (Å²) in [6.07, 6.45) is 0.729. The third-order valence-electron chi connectivity index (χ3n) is 4.72. The summed E-state index contributed by atoms with van der Waals surface area (Å²) in [7, 11) is 1.85. The van der Waals surface area contributed by atoms with Gasteiger partial charge in [-0.1, -0.05) is 18.2 Å². The first kappa shape index (κ1) is 16.8. The molecule has 1 aliphatic heterocycles. The molecule has 1 aliphatic rings. The van der Waals surface area contributed by atoms with Crippen LogP contribution in [-0.2, 0) is 12.7 Å². The Morgan fingerprint density at radius 2 is 2.00 bits per heavy atom. The molecule has 1 fully saturated rings. The molecule has 1 aromatic carbocycles. The molecule has 2 aromatic heterocycles. The lowest BCUT2D eigenvalue weighted by molar-refractivity contribution is -0.138. The van der Waals surface area contributed by atoms with Gasteiger partial charge in [-0.2, -0.15) is 13.2 Å². The van der Waals surface area contributed by atoms with Crippen molar-refractivity contribution < 1.29 is 13.2 Å². The predicted octanol–water partition coefficient (Wildman–Crippen LogP) is 2.46. The number of hydrogen-bond donors (Lipinski definition) is 0. The Balaban J connectivity index is 1.44. The van der Waals surface area contributed by atoms with Crippen molar-refractivity contribution in [3.05, 3.63) is 54.1 Å². The molecule has 0 atom stereocenters. The van der Waals surface area contributed by atoms with Gasteiger partial charge >= 0.3 is 6.18 Å². The third kappa shape index (κ3) is 2.98. The lowest BCUT2D eigenvalue weighted by Crippen LogP contribution is -2.58. The van der Waals surface area contributed by atoms with E-state index in [1.807, 2.05) is 11.9 Å². The van der Waals surface area contributed by atoms with Crippen LogP contribution in [0.5, 0.6) is 0 Å². The Bertz CT molecular complexity index is 916. The number of rotatable bonds is 4. The van der Waals surface area contributed by atoms with Crippen molar-refractivity contribution in [1.29, 1.82) is 0 Å². The molecule has 1 saturated heterocycles. The SMILES string of the molecule is CN(Cc1ccccc1C(F)(F)F)C1CN(c2nccn3cnnc23)C1. The highest BCUT2D eigenvalue weighted by molar-refractivity contribution is 5.64. The van der Waals surface area contributed by atoms with Gasteiger partial charge in [-0.25, -0.2) is 4.98 Å². The first-order valence-corrected chi connectivity index (χ1v) is 8.18. The molecule has 136 valence electrons. The highest BCUT2D eigenvalue weighted by Crippen LogP contribution is 2.33. The summed E-state index contributed by atoms with van der Waals surface area (Å²) in [5.41, 5.74) is 0.396. The van der Waals surface area contributed by atoms with Crippen LogP contribution in [0.3, 0.4) is 0 Å². The lowest BCUT2D eigenvalue weighted by atomic mass is 10.0. The fourth-order valence-electron chi connectivity index (χ4n) is 3.21. The van der Waals surface area contributed by atoms with E-state index in [0.29, 0.717) is 24.3 Å². The van der Waals surface area contributed by atoms with Crippen LogP contribution in [-0.4, -0.2) is 50.7 Å². The van der Waals surface area contributed by atoms with Gasteiger partial charge in [0.15, 0.2) is 5.82 Å². The van der Waals surface area contributed by atoms with Crippen molar-refractivity contribution in [3.63, 3.8) is 0 Å². The Hall–Kier alpha value is -2.68. The number of nitrogens with zero attached hydrogens (tertiary/aromatic N) is 6. The molecule has 0 saturated carbocycles. The number of fused-ring (bicyclic) bond motifs is 1. The summed E-state index contributed by atoms with van der Waals surface area (Å²) < 4.78 is 41.2. The molecule has 3 aromatic rings. The number of alkyl halides is 3. The zero-order valence-corrected chi connectivity index (χ0v) is 14.1. The van der Waals surface area contributed by atoms with E-state index in [1.54, 1.807) is 29.2 Å². The molecular formula is C17H17F3N6. The first-order valence-electron chi connectivity index (χ1n) is 8.18. The molecule has 26 heavy (non-hydrogen) atoms. The molecule has 0 bridgehead atoms. The molecule has 3 heterocycles. The molecular weight excluding hydrogens is 345 g/mol. The normalized spacial score (nSPS) is 15.7. The van der Waals surface area contributed by atoms with Crippen molar-refractivity contribution in [2.75, 3.05) is 25.0 Å². The average Bonchev–Trinajstić information content (AvgIpc) is 3.02. The fourth-order valence-corrected chi connectivity index (χ4v) is 3.21. The fraction of sp³-hybridized carbons (Fsp3) is 0.353. The molecule has 0 amide bonds. The van der Waals surface area contributed by atoms with Crippen LogP contribution in [0.4, 0.5) is 19.0 Å². The molecule has 0 unspecified atom stereocenters. The van der Waals surface area contributed by atoms with Crippen LogP contribution < -0.4 is 4.90 Å². The molecule has 0 N–H and O–H groups in total. The zero-order chi connectivity index (χ0) is 18.3. The maximum atomic E-state index is 13.1. The molecule has 6 nitrogen and oxygen atoms in total. The third-order valence-corrected chi connectivity index (χ3v) is 4.72. The minimum atomic E-state index is -4.34. The molecule has 0 radical (unpaired) electrons. The maximum Gasteiger partial charge on any atom is 0.416 e. The van der Waals surface area contributed by atoms with E-state index in [9.17, 15) is 13.2 Å². The van der Waals surface area contributed by atoms with Gasteiger partial charge in [-0.05, 0) is 18.7 Å². The summed E-state index contributed by atoms with van der Waals surface area (Å²) in [4.78, 5) is 8.37. The van der Waals surface area contributed by atoms with Crippen LogP contribution >= 0.6 is 0 Å². The van der Waals surface area contributed by atoms with E-state index in [2.05, 4.69) is 20.1 Å². The van der Waals surface area contributed by atoms with Crippen LogP contribution in [0.25, 0.3) is 5.65 Å². The van der Waals surface area contributed by atoms with Crippen molar-refractivity contribution in [1.82, 2.24) is 24.5 Å². The predicted molar refractivity (Wildman–Crippen MR) is 89.7 cm³/mol. The van der Waals surface area contributed by atoms with Crippen molar-refractivity contribution in [2.24, 2.45) is 0 Å². The molecule has 9 heteroatoms. The summed E-state index contributed by atoms with van der Waals surface area (Å²) in [5.74, 6) is 0.741. The van der Waals surface area contributed by atoms with Crippen LogP contribution in [0, 0.1) is 0 Å². The molecule has 0 aliphatic carbocycles. The Labute approximate surface area is 147 Å². The van der Waals surface area contributed by atoms with Gasteiger partial charge in [0.1, 0.15) is 6.33 Å². The highest BCUT2D eigenvalue weighted by Gasteiger charge is 2.36. The summed E-state index contributed by atoms with van der Waals surface area (Å²) >= 11 is 0. The molecule has 0 spiro atoms. The van der Waals surface area contributed by atoms with Gasteiger partial charge in [0.25, 0.3) is 0 Å². The van der Waals surface area contributed by atoms with E-state index < -0.39 is 11.7 Å². The largest absolute Gasteiger partial charge is 0.416 e. The number of hydrogen-bond acceptors (Lipinski definition) is 5. The number of halogens is 3. The second-order valence-corrected chi connectivity index (χ2v) is 6.44. The van der Waals surface area contributed by atoms with E-state index in [1.165, 1.54) is 12.1 Å². The lowest BCUT2D eigenvalue weighted by Gasteiger charge is -2.44. The quantitative estimate of drug-likeness (QED) is 0.714.